The predicted octanol–water partition coefficient (Wildman–Crippen LogP) is 1.92. The lowest BCUT2D eigenvalue weighted by Crippen LogP contribution is -2.36. The average molecular weight is 383 g/mol. The van der Waals surface area contributed by atoms with E-state index in [0.29, 0.717) is 35.9 Å². The summed E-state index contributed by atoms with van der Waals surface area (Å²) in [6.07, 6.45) is 3.01. The quantitative estimate of drug-likeness (QED) is 0.515. The molecular weight excluding hydrogens is 366 g/mol. The van der Waals surface area contributed by atoms with Gasteiger partial charge in [0.15, 0.2) is 5.75 Å². The fourth-order valence-corrected chi connectivity index (χ4v) is 2.96. The summed E-state index contributed by atoms with van der Waals surface area (Å²) in [6, 6.07) is 4.71. The van der Waals surface area contributed by atoms with Gasteiger partial charge in [0.25, 0.3) is 0 Å². The monoisotopic (exact) mass is 383 g/mol. The number of methoxy groups -OCH3 is 1. The van der Waals surface area contributed by atoms with E-state index < -0.39 is 4.92 Å². The van der Waals surface area contributed by atoms with Gasteiger partial charge in [0.1, 0.15) is 18.0 Å². The molecule has 1 aliphatic rings. The van der Waals surface area contributed by atoms with Gasteiger partial charge in [-0.3, -0.25) is 10.1 Å². The molecule has 0 radical (unpaired) electrons. The van der Waals surface area contributed by atoms with Gasteiger partial charge in [-0.2, -0.15) is 4.98 Å². The van der Waals surface area contributed by atoms with E-state index in [-0.39, 0.29) is 11.4 Å². The van der Waals surface area contributed by atoms with Crippen molar-refractivity contribution in [2.75, 3.05) is 43.6 Å². The Morgan fingerprint density at radius 3 is 2.82 bits per heavy atom. The molecule has 4 rings (SSSR count). The lowest BCUT2D eigenvalue weighted by atomic mass is 10.2. The van der Waals surface area contributed by atoms with E-state index in [2.05, 4.69) is 30.2 Å². The third kappa shape index (κ3) is 3.47. The molecule has 0 bridgehead atoms. The highest BCUT2D eigenvalue weighted by atomic mass is 16.6. The Balaban J connectivity index is 1.70. The van der Waals surface area contributed by atoms with Crippen molar-refractivity contribution < 1.29 is 14.4 Å². The molecule has 3 aromatic rings. The molecule has 3 heterocycles. The Hall–Kier alpha value is -3.60. The van der Waals surface area contributed by atoms with E-state index >= 15 is 0 Å². The maximum atomic E-state index is 11.3. The van der Waals surface area contributed by atoms with E-state index in [1.807, 2.05) is 6.07 Å². The fraction of sp³-hybridized carbons (Fsp3) is 0.294. The van der Waals surface area contributed by atoms with Gasteiger partial charge < -0.3 is 19.7 Å². The third-order valence-electron chi connectivity index (χ3n) is 4.34. The Bertz CT molecular complexity index is 1020. The number of nitro benzene ring substituents is 1. The van der Waals surface area contributed by atoms with Crippen molar-refractivity contribution in [1.29, 1.82) is 0 Å². The summed E-state index contributed by atoms with van der Waals surface area (Å²) >= 11 is 0. The first-order valence-corrected chi connectivity index (χ1v) is 8.55. The van der Waals surface area contributed by atoms with Crippen LogP contribution in [0.2, 0.25) is 0 Å². The second-order valence-electron chi connectivity index (χ2n) is 5.98. The van der Waals surface area contributed by atoms with Crippen LogP contribution in [-0.2, 0) is 4.74 Å². The van der Waals surface area contributed by atoms with Crippen molar-refractivity contribution in [2.45, 2.75) is 0 Å². The molecule has 1 aliphatic heterocycles. The molecule has 28 heavy (non-hydrogen) atoms. The number of ether oxygens (including phenoxy) is 2. The van der Waals surface area contributed by atoms with Crippen molar-refractivity contribution in [3.8, 4) is 5.75 Å². The molecule has 0 saturated carbocycles. The molecule has 2 aromatic heterocycles. The zero-order chi connectivity index (χ0) is 19.5. The van der Waals surface area contributed by atoms with Crippen LogP contribution in [-0.4, -0.2) is 58.3 Å². The van der Waals surface area contributed by atoms with Crippen LogP contribution in [0, 0.1) is 10.1 Å². The maximum absolute atomic E-state index is 11.3. The average Bonchev–Trinajstić information content (AvgIpc) is 2.74. The summed E-state index contributed by atoms with van der Waals surface area (Å²) < 4.78 is 10.5. The Labute approximate surface area is 159 Å². The van der Waals surface area contributed by atoms with E-state index in [9.17, 15) is 10.1 Å². The normalized spacial score (nSPS) is 14.1. The largest absolute Gasteiger partial charge is 0.490 e. The molecule has 1 aromatic carbocycles. The van der Waals surface area contributed by atoms with Crippen LogP contribution < -0.4 is 15.0 Å². The summed E-state index contributed by atoms with van der Waals surface area (Å²) in [5.74, 6) is 1.61. The first kappa shape index (κ1) is 17.8. The number of aromatic nitrogens is 4. The number of fused-ring (bicyclic) bond motifs is 1. The summed E-state index contributed by atoms with van der Waals surface area (Å²) in [4.78, 5) is 30.0. The molecular formula is C17H17N7O4. The summed E-state index contributed by atoms with van der Waals surface area (Å²) in [7, 11) is 1.37. The molecule has 0 aliphatic carbocycles. The summed E-state index contributed by atoms with van der Waals surface area (Å²) in [6.45, 7) is 2.79. The minimum absolute atomic E-state index is 0.132. The highest BCUT2D eigenvalue weighted by Gasteiger charge is 2.19. The van der Waals surface area contributed by atoms with E-state index in [1.54, 1.807) is 6.20 Å². The second-order valence-corrected chi connectivity index (χ2v) is 5.98. The van der Waals surface area contributed by atoms with Crippen molar-refractivity contribution in [1.82, 2.24) is 19.9 Å². The van der Waals surface area contributed by atoms with Gasteiger partial charge in [0.2, 0.25) is 5.95 Å². The molecule has 1 saturated heterocycles. The predicted molar refractivity (Wildman–Crippen MR) is 101 cm³/mol. The smallest absolute Gasteiger partial charge is 0.311 e. The molecule has 1 N–H and O–H groups in total. The van der Waals surface area contributed by atoms with Crippen molar-refractivity contribution >= 4 is 34.2 Å². The number of hydrogen-bond donors (Lipinski definition) is 1. The summed E-state index contributed by atoms with van der Waals surface area (Å²) in [5, 5.41) is 14.8. The number of nitrogens with zero attached hydrogens (tertiary/aromatic N) is 6. The van der Waals surface area contributed by atoms with Crippen LogP contribution in [0.5, 0.6) is 5.75 Å². The second kappa shape index (κ2) is 7.56. The zero-order valence-corrected chi connectivity index (χ0v) is 15.0. The first-order chi connectivity index (χ1) is 13.7. The first-order valence-electron chi connectivity index (χ1n) is 8.55. The highest BCUT2D eigenvalue weighted by molar-refractivity contribution is 5.93. The van der Waals surface area contributed by atoms with Crippen LogP contribution in [0.25, 0.3) is 10.9 Å². The number of hydrogen-bond acceptors (Lipinski definition) is 10. The van der Waals surface area contributed by atoms with Gasteiger partial charge in [-0.05, 0) is 6.07 Å². The maximum Gasteiger partial charge on any atom is 0.311 e. The van der Waals surface area contributed by atoms with Gasteiger partial charge in [0.05, 0.1) is 36.1 Å². The third-order valence-corrected chi connectivity index (χ3v) is 4.34. The molecule has 1 fully saturated rings. The Kier molecular flexibility index (Phi) is 4.81. The van der Waals surface area contributed by atoms with Gasteiger partial charge >= 0.3 is 5.69 Å². The Morgan fingerprint density at radius 1 is 1.25 bits per heavy atom. The minimum atomic E-state index is -0.509. The fourth-order valence-electron chi connectivity index (χ4n) is 2.96. The van der Waals surface area contributed by atoms with Crippen molar-refractivity contribution in [3.63, 3.8) is 0 Å². The topological polar surface area (TPSA) is 128 Å². The lowest BCUT2D eigenvalue weighted by molar-refractivity contribution is -0.385. The van der Waals surface area contributed by atoms with E-state index in [1.165, 1.54) is 25.6 Å². The zero-order valence-electron chi connectivity index (χ0n) is 15.0. The molecule has 0 unspecified atom stereocenters. The van der Waals surface area contributed by atoms with Crippen LogP contribution >= 0.6 is 0 Å². The number of benzene rings is 1. The SMILES string of the molecule is COc1cc2ncnc(Nc3nccc(N4CCOCC4)n3)c2cc1[N+](=O)[O-]. The number of rotatable bonds is 5. The lowest BCUT2D eigenvalue weighted by Gasteiger charge is -2.27. The van der Waals surface area contributed by atoms with E-state index in [4.69, 9.17) is 9.47 Å². The van der Waals surface area contributed by atoms with Crippen molar-refractivity contribution in [3.05, 3.63) is 40.8 Å². The van der Waals surface area contributed by atoms with Crippen LogP contribution in [0.1, 0.15) is 0 Å². The molecule has 11 heteroatoms. The van der Waals surface area contributed by atoms with Crippen LogP contribution in [0.4, 0.5) is 23.3 Å². The molecule has 11 nitrogen and oxygen atoms in total. The molecule has 0 amide bonds. The standard InChI is InChI=1S/C17H17N7O4/c1-27-14-9-12-11(8-13(14)24(25)26)16(20-10-19-12)22-17-18-3-2-15(21-17)23-4-6-28-7-5-23/h2-3,8-10H,4-7H2,1H3,(H,18,19,20,21,22). The Morgan fingerprint density at radius 2 is 2.07 bits per heavy atom. The molecule has 144 valence electrons. The van der Waals surface area contributed by atoms with Gasteiger partial charge in [-0.1, -0.05) is 0 Å². The van der Waals surface area contributed by atoms with Crippen LogP contribution in [0.3, 0.4) is 0 Å². The number of nitrogens with one attached hydrogen (secondary N) is 1. The minimum Gasteiger partial charge on any atom is -0.490 e. The van der Waals surface area contributed by atoms with E-state index in [0.717, 1.165) is 18.9 Å². The van der Waals surface area contributed by atoms with Crippen molar-refractivity contribution in [2.24, 2.45) is 0 Å². The summed E-state index contributed by atoms with van der Waals surface area (Å²) in [5.41, 5.74) is 0.333. The molecule has 0 atom stereocenters. The number of nitro groups is 1. The van der Waals surface area contributed by atoms with Crippen LogP contribution in [0.15, 0.2) is 30.7 Å². The number of morpholine rings is 1. The number of anilines is 3. The van der Waals surface area contributed by atoms with Gasteiger partial charge in [0, 0.05) is 31.4 Å². The highest BCUT2D eigenvalue weighted by Crippen LogP contribution is 2.34. The van der Waals surface area contributed by atoms with Gasteiger partial charge in [-0.25, -0.2) is 15.0 Å². The van der Waals surface area contributed by atoms with Gasteiger partial charge in [-0.15, -0.1) is 0 Å². The molecule has 0 spiro atoms.